The van der Waals surface area contributed by atoms with Crippen LogP contribution in [0.3, 0.4) is 0 Å². The molecule has 1 aromatic carbocycles. The predicted octanol–water partition coefficient (Wildman–Crippen LogP) is 1.50. The molecular formula is C10H13FN4O2. The minimum atomic E-state index is -1.37. The first-order valence-electron chi connectivity index (χ1n) is 4.98. The van der Waals surface area contributed by atoms with Gasteiger partial charge in [-0.15, -0.1) is 0 Å². The quantitative estimate of drug-likeness (QED) is 0.313. The van der Waals surface area contributed by atoms with Crippen LogP contribution >= 0.6 is 0 Å². The third-order valence-electron chi connectivity index (χ3n) is 2.30. The maximum atomic E-state index is 13.4. The van der Waals surface area contributed by atoms with Crippen LogP contribution in [-0.2, 0) is 0 Å². The summed E-state index contributed by atoms with van der Waals surface area (Å²) in [4.78, 5) is 2.51. The second-order valence-electron chi connectivity index (χ2n) is 3.54. The lowest BCUT2D eigenvalue weighted by Gasteiger charge is -2.18. The van der Waals surface area contributed by atoms with Gasteiger partial charge in [0.25, 0.3) is 0 Å². The van der Waals surface area contributed by atoms with E-state index in [1.54, 1.807) is 0 Å². The molecule has 0 heterocycles. The molecule has 92 valence electrons. The minimum Gasteiger partial charge on any atom is -0.399 e. The van der Waals surface area contributed by atoms with E-state index >= 15 is 0 Å². The predicted molar refractivity (Wildman–Crippen MR) is 60.4 cm³/mol. The van der Waals surface area contributed by atoms with E-state index in [9.17, 15) is 14.6 Å². The number of hydrogen-bond donors (Lipinski definition) is 3. The number of rotatable bonds is 5. The number of nitrogens with zero attached hydrogens (tertiary/aromatic N) is 3. The Kier molecular flexibility index (Phi) is 4.71. The Balaban J connectivity index is 2.73. The molecule has 2 atom stereocenters. The van der Waals surface area contributed by atoms with E-state index in [1.807, 2.05) is 0 Å². The van der Waals surface area contributed by atoms with Gasteiger partial charge < -0.3 is 15.9 Å². The van der Waals surface area contributed by atoms with Gasteiger partial charge in [-0.05, 0) is 24.1 Å². The summed E-state index contributed by atoms with van der Waals surface area (Å²) < 4.78 is 13.4. The highest BCUT2D eigenvalue weighted by atomic mass is 19.1. The molecule has 2 unspecified atom stereocenters. The molecule has 0 aliphatic rings. The Labute approximate surface area is 97.1 Å². The second kappa shape index (κ2) is 6.05. The largest absolute Gasteiger partial charge is 0.399 e. The molecule has 0 aliphatic carbocycles. The number of hydrogen-bond acceptors (Lipinski definition) is 4. The third kappa shape index (κ3) is 3.60. The summed E-state index contributed by atoms with van der Waals surface area (Å²) in [6.45, 7) is 0.0331. The average Bonchev–Trinajstić information content (AvgIpc) is 2.28. The molecule has 0 aromatic heterocycles. The maximum absolute atomic E-state index is 13.4. The summed E-state index contributed by atoms with van der Waals surface area (Å²) >= 11 is 0. The van der Waals surface area contributed by atoms with Crippen LogP contribution in [0.1, 0.15) is 18.1 Å². The van der Waals surface area contributed by atoms with Gasteiger partial charge in [-0.2, -0.15) is 0 Å². The fourth-order valence-electron chi connectivity index (χ4n) is 1.38. The standard InChI is InChI=1S/C10H13FN4O2/c11-8-5-6(12)1-2-7(8)10(17)9(16)3-4-14-15-13/h1-2,5,9-10,16-17H,3-4,12H2. The summed E-state index contributed by atoms with van der Waals surface area (Å²) in [5.41, 5.74) is 13.6. The van der Waals surface area contributed by atoms with E-state index in [1.165, 1.54) is 12.1 Å². The summed E-state index contributed by atoms with van der Waals surface area (Å²) in [6, 6.07) is 3.81. The normalized spacial score (nSPS) is 13.8. The smallest absolute Gasteiger partial charge is 0.131 e. The lowest BCUT2D eigenvalue weighted by atomic mass is 10.0. The molecule has 0 saturated carbocycles. The Bertz CT molecular complexity index is 434. The molecule has 0 bridgehead atoms. The van der Waals surface area contributed by atoms with Crippen LogP contribution in [0.5, 0.6) is 0 Å². The van der Waals surface area contributed by atoms with E-state index in [2.05, 4.69) is 10.0 Å². The number of azide groups is 1. The van der Waals surface area contributed by atoms with Gasteiger partial charge in [0.15, 0.2) is 0 Å². The summed E-state index contributed by atoms with van der Waals surface area (Å²) in [5.74, 6) is -0.680. The molecule has 0 saturated heterocycles. The van der Waals surface area contributed by atoms with Gasteiger partial charge >= 0.3 is 0 Å². The number of halogens is 1. The zero-order valence-electron chi connectivity index (χ0n) is 8.99. The Morgan fingerprint density at radius 3 is 2.76 bits per heavy atom. The maximum Gasteiger partial charge on any atom is 0.131 e. The fourth-order valence-corrected chi connectivity index (χ4v) is 1.38. The number of nitrogens with two attached hydrogens (primary N) is 1. The van der Waals surface area contributed by atoms with Crippen LogP contribution in [0.15, 0.2) is 23.3 Å². The lowest BCUT2D eigenvalue weighted by molar-refractivity contribution is 0.0130. The van der Waals surface area contributed by atoms with Gasteiger partial charge in [0.05, 0.1) is 6.10 Å². The highest BCUT2D eigenvalue weighted by Gasteiger charge is 2.20. The summed E-state index contributed by atoms with van der Waals surface area (Å²) in [7, 11) is 0. The Morgan fingerprint density at radius 1 is 1.47 bits per heavy atom. The van der Waals surface area contributed by atoms with Gasteiger partial charge in [-0.3, -0.25) is 0 Å². The second-order valence-corrected chi connectivity index (χ2v) is 3.54. The van der Waals surface area contributed by atoms with E-state index in [4.69, 9.17) is 11.3 Å². The van der Waals surface area contributed by atoms with E-state index in [0.29, 0.717) is 0 Å². The molecule has 1 aromatic rings. The molecule has 6 nitrogen and oxygen atoms in total. The van der Waals surface area contributed by atoms with E-state index in [0.717, 1.165) is 6.07 Å². The first kappa shape index (κ1) is 13.2. The van der Waals surface area contributed by atoms with Crippen LogP contribution in [-0.4, -0.2) is 22.9 Å². The zero-order chi connectivity index (χ0) is 12.8. The summed E-state index contributed by atoms with van der Waals surface area (Å²) in [6.07, 6.45) is -2.52. The monoisotopic (exact) mass is 240 g/mol. The third-order valence-corrected chi connectivity index (χ3v) is 2.30. The van der Waals surface area contributed by atoms with Gasteiger partial charge in [0.1, 0.15) is 11.9 Å². The lowest BCUT2D eigenvalue weighted by Crippen LogP contribution is -2.20. The van der Waals surface area contributed by atoms with E-state index < -0.39 is 18.0 Å². The minimum absolute atomic E-state index is 0.0331. The van der Waals surface area contributed by atoms with Crippen molar-refractivity contribution >= 4 is 5.69 Å². The number of benzene rings is 1. The van der Waals surface area contributed by atoms with Crippen LogP contribution in [0.25, 0.3) is 10.4 Å². The number of aliphatic hydroxyl groups is 2. The van der Waals surface area contributed by atoms with E-state index in [-0.39, 0.29) is 24.2 Å². The van der Waals surface area contributed by atoms with Crippen molar-refractivity contribution in [1.29, 1.82) is 0 Å². The topological polar surface area (TPSA) is 115 Å². The van der Waals surface area contributed by atoms with Crippen molar-refractivity contribution < 1.29 is 14.6 Å². The van der Waals surface area contributed by atoms with Crippen LogP contribution in [0, 0.1) is 5.82 Å². The Hall–Kier alpha value is -1.82. The van der Waals surface area contributed by atoms with Gasteiger partial charge in [0.2, 0.25) is 0 Å². The van der Waals surface area contributed by atoms with Gasteiger partial charge in [-0.25, -0.2) is 4.39 Å². The summed E-state index contributed by atoms with van der Waals surface area (Å²) in [5, 5.41) is 22.5. The Morgan fingerprint density at radius 2 is 2.18 bits per heavy atom. The van der Waals surface area contributed by atoms with Crippen molar-refractivity contribution in [2.45, 2.75) is 18.6 Å². The molecule has 7 heteroatoms. The first-order valence-corrected chi connectivity index (χ1v) is 4.98. The van der Waals surface area contributed by atoms with Crippen LogP contribution in [0.2, 0.25) is 0 Å². The molecular weight excluding hydrogens is 227 g/mol. The van der Waals surface area contributed by atoms with Crippen molar-refractivity contribution in [3.8, 4) is 0 Å². The molecule has 0 fully saturated rings. The number of nitrogen functional groups attached to an aromatic ring is 1. The number of anilines is 1. The average molecular weight is 240 g/mol. The zero-order valence-corrected chi connectivity index (χ0v) is 8.99. The van der Waals surface area contributed by atoms with Crippen LogP contribution < -0.4 is 5.73 Å². The van der Waals surface area contributed by atoms with Crippen molar-refractivity contribution in [1.82, 2.24) is 0 Å². The molecule has 0 radical (unpaired) electrons. The van der Waals surface area contributed by atoms with Gasteiger partial charge in [-0.1, -0.05) is 11.2 Å². The highest BCUT2D eigenvalue weighted by molar-refractivity contribution is 5.41. The fraction of sp³-hybridized carbons (Fsp3) is 0.400. The molecule has 0 aliphatic heterocycles. The van der Waals surface area contributed by atoms with Crippen molar-refractivity contribution in [2.75, 3.05) is 12.3 Å². The first-order chi connectivity index (χ1) is 8.06. The highest BCUT2D eigenvalue weighted by Crippen LogP contribution is 2.23. The molecule has 0 amide bonds. The van der Waals surface area contributed by atoms with Crippen LogP contribution in [0.4, 0.5) is 10.1 Å². The van der Waals surface area contributed by atoms with Crippen molar-refractivity contribution in [3.63, 3.8) is 0 Å². The van der Waals surface area contributed by atoms with Crippen molar-refractivity contribution in [3.05, 3.63) is 40.0 Å². The number of aliphatic hydroxyl groups excluding tert-OH is 2. The molecule has 1 rings (SSSR count). The molecule has 4 N–H and O–H groups in total. The molecule has 0 spiro atoms. The van der Waals surface area contributed by atoms with Crippen molar-refractivity contribution in [2.24, 2.45) is 5.11 Å². The molecule has 17 heavy (non-hydrogen) atoms. The van der Waals surface area contributed by atoms with Gasteiger partial charge in [0, 0.05) is 22.7 Å². The SMILES string of the molecule is [N-]=[N+]=NCCC(O)C(O)c1ccc(N)cc1F.